The van der Waals surface area contributed by atoms with Crippen LogP contribution < -0.4 is 0 Å². The Kier molecular flexibility index (Phi) is 5.84. The van der Waals surface area contributed by atoms with Gasteiger partial charge < -0.3 is 9.47 Å². The summed E-state index contributed by atoms with van der Waals surface area (Å²) in [7, 11) is 1.58. The molecule has 2 rings (SSSR count). The third kappa shape index (κ3) is 4.48. The van der Waals surface area contributed by atoms with E-state index in [1.54, 1.807) is 7.05 Å². The van der Waals surface area contributed by atoms with E-state index in [-0.39, 0.29) is 11.8 Å². The minimum absolute atomic E-state index is 0.0739. The highest BCUT2D eigenvalue weighted by Crippen LogP contribution is 2.32. The summed E-state index contributed by atoms with van der Waals surface area (Å²) in [6.07, 6.45) is -0.908. The van der Waals surface area contributed by atoms with Gasteiger partial charge in [0.1, 0.15) is 5.82 Å². The number of piperidine rings is 1. The molecule has 2 atom stereocenters. The molecule has 0 aromatic carbocycles. The summed E-state index contributed by atoms with van der Waals surface area (Å²) in [5, 5.41) is 17.8. The Morgan fingerprint density at radius 1 is 1.42 bits per heavy atom. The van der Waals surface area contributed by atoms with Gasteiger partial charge in [0.15, 0.2) is 5.69 Å². The van der Waals surface area contributed by atoms with Crippen LogP contribution in [-0.4, -0.2) is 34.1 Å². The molecule has 0 bridgehead atoms. The van der Waals surface area contributed by atoms with Gasteiger partial charge >= 0.3 is 6.18 Å². The van der Waals surface area contributed by atoms with Crippen LogP contribution in [0, 0.1) is 28.6 Å². The maximum atomic E-state index is 12.8. The minimum Gasteiger partial charge on any atom is -0.337 e. The van der Waals surface area contributed by atoms with Crippen LogP contribution in [0.4, 0.5) is 13.2 Å². The van der Waals surface area contributed by atoms with Crippen molar-refractivity contribution >= 4 is 0 Å². The molecule has 1 aromatic heterocycles. The van der Waals surface area contributed by atoms with Crippen molar-refractivity contribution in [3.8, 4) is 12.1 Å². The lowest BCUT2D eigenvalue weighted by atomic mass is 9.95. The molecule has 0 N–H and O–H groups in total. The minimum atomic E-state index is -4.44. The highest BCUT2D eigenvalue weighted by Gasteiger charge is 2.36. The molecular weight excluding hydrogens is 319 g/mol. The maximum Gasteiger partial charge on any atom is 0.434 e. The largest absolute Gasteiger partial charge is 0.434 e. The van der Waals surface area contributed by atoms with Crippen molar-refractivity contribution in [2.24, 2.45) is 13.0 Å². The van der Waals surface area contributed by atoms with Crippen molar-refractivity contribution < 1.29 is 13.2 Å². The molecule has 1 aliphatic heterocycles. The van der Waals surface area contributed by atoms with Crippen molar-refractivity contribution in [3.63, 3.8) is 0 Å². The van der Waals surface area contributed by atoms with Crippen molar-refractivity contribution in [2.45, 2.75) is 37.8 Å². The van der Waals surface area contributed by atoms with Crippen LogP contribution >= 0.6 is 0 Å². The first kappa shape index (κ1) is 18.3. The van der Waals surface area contributed by atoms with Crippen LogP contribution in [0.15, 0.2) is 6.20 Å². The van der Waals surface area contributed by atoms with Crippen molar-refractivity contribution in [1.82, 2.24) is 14.5 Å². The van der Waals surface area contributed by atoms with E-state index >= 15 is 0 Å². The van der Waals surface area contributed by atoms with Crippen molar-refractivity contribution in [3.05, 3.63) is 17.7 Å². The normalized spacial score (nSPS) is 20.3. The van der Waals surface area contributed by atoms with Gasteiger partial charge in [-0.05, 0) is 25.8 Å². The molecular formula is C16H20F3N5. The Hall–Kier alpha value is -2.06. The number of alkyl halides is 3. The Morgan fingerprint density at radius 3 is 2.75 bits per heavy atom. The van der Waals surface area contributed by atoms with E-state index in [2.05, 4.69) is 16.0 Å². The topological polar surface area (TPSA) is 68.6 Å². The van der Waals surface area contributed by atoms with Crippen LogP contribution in [0.1, 0.15) is 43.1 Å². The second-order valence-corrected chi connectivity index (χ2v) is 6.21. The number of hydrogen-bond donors (Lipinski definition) is 0. The number of likely N-dealkylation sites (tertiary alicyclic amines) is 1. The Labute approximate surface area is 139 Å². The average Bonchev–Trinajstić information content (AvgIpc) is 2.94. The number of nitriles is 2. The first-order valence-corrected chi connectivity index (χ1v) is 7.94. The molecule has 0 spiro atoms. The number of hydrogen-bond acceptors (Lipinski definition) is 4. The molecule has 5 nitrogen and oxygen atoms in total. The fourth-order valence-electron chi connectivity index (χ4n) is 3.18. The zero-order chi connectivity index (χ0) is 17.7. The predicted octanol–water partition coefficient (Wildman–Crippen LogP) is 3.06. The van der Waals surface area contributed by atoms with Gasteiger partial charge in [-0.1, -0.05) is 0 Å². The van der Waals surface area contributed by atoms with Gasteiger partial charge in [-0.25, -0.2) is 4.98 Å². The summed E-state index contributed by atoms with van der Waals surface area (Å²) in [6.45, 7) is 1.95. The van der Waals surface area contributed by atoms with E-state index < -0.39 is 11.9 Å². The monoisotopic (exact) mass is 339 g/mol. The van der Waals surface area contributed by atoms with Crippen LogP contribution in [-0.2, 0) is 13.2 Å². The van der Waals surface area contributed by atoms with Crippen molar-refractivity contribution in [1.29, 1.82) is 10.5 Å². The van der Waals surface area contributed by atoms with Gasteiger partial charge in [-0.2, -0.15) is 23.7 Å². The lowest BCUT2D eigenvalue weighted by Gasteiger charge is -2.33. The summed E-state index contributed by atoms with van der Waals surface area (Å²) in [4.78, 5) is 5.89. The summed E-state index contributed by atoms with van der Waals surface area (Å²) in [5.41, 5.74) is -0.860. The molecule has 130 valence electrons. The second-order valence-electron chi connectivity index (χ2n) is 6.21. The van der Waals surface area contributed by atoms with Gasteiger partial charge in [0.05, 0.1) is 18.1 Å². The van der Waals surface area contributed by atoms with Crippen LogP contribution in [0.2, 0.25) is 0 Å². The molecule has 0 amide bonds. The number of imidazole rings is 1. The van der Waals surface area contributed by atoms with Gasteiger partial charge in [0.2, 0.25) is 0 Å². The molecule has 24 heavy (non-hydrogen) atoms. The molecule has 0 aliphatic carbocycles. The molecule has 0 saturated carbocycles. The summed E-state index contributed by atoms with van der Waals surface area (Å²) in [6, 6.07) is 4.25. The first-order chi connectivity index (χ1) is 11.3. The first-order valence-electron chi connectivity index (χ1n) is 7.94. The maximum absolute atomic E-state index is 12.8. The van der Waals surface area contributed by atoms with Gasteiger partial charge in [0, 0.05) is 38.7 Å². The molecule has 1 saturated heterocycles. The quantitative estimate of drug-likeness (QED) is 0.827. The summed E-state index contributed by atoms with van der Waals surface area (Å²) >= 11 is 0. The lowest BCUT2D eigenvalue weighted by Crippen LogP contribution is -2.38. The van der Waals surface area contributed by atoms with Gasteiger partial charge in [-0.15, -0.1) is 0 Å². The number of nitrogens with zero attached hydrogens (tertiary/aromatic N) is 5. The van der Waals surface area contributed by atoms with E-state index in [1.807, 2.05) is 6.07 Å². The smallest absolute Gasteiger partial charge is 0.337 e. The average molecular weight is 339 g/mol. The summed E-state index contributed by atoms with van der Waals surface area (Å²) in [5.74, 6) is 0.142. The van der Waals surface area contributed by atoms with Crippen molar-refractivity contribution in [2.75, 3.05) is 19.6 Å². The molecule has 1 aromatic rings. The van der Waals surface area contributed by atoms with E-state index in [0.29, 0.717) is 31.8 Å². The Bertz CT molecular complexity index is 638. The number of aromatic nitrogens is 2. The number of aryl methyl sites for hydroxylation is 1. The fourth-order valence-corrected chi connectivity index (χ4v) is 3.18. The van der Waals surface area contributed by atoms with Crippen LogP contribution in [0.3, 0.4) is 0 Å². The third-order valence-electron chi connectivity index (χ3n) is 4.34. The van der Waals surface area contributed by atoms with E-state index in [1.165, 1.54) is 4.57 Å². The number of rotatable bonds is 5. The van der Waals surface area contributed by atoms with Gasteiger partial charge in [0.25, 0.3) is 0 Å². The fraction of sp³-hybridized carbons (Fsp3) is 0.688. The van der Waals surface area contributed by atoms with Gasteiger partial charge in [-0.3, -0.25) is 0 Å². The van der Waals surface area contributed by atoms with Crippen LogP contribution in [0.5, 0.6) is 0 Å². The summed E-state index contributed by atoms with van der Waals surface area (Å²) < 4.78 is 39.9. The molecule has 2 heterocycles. The Morgan fingerprint density at radius 2 is 2.17 bits per heavy atom. The van der Waals surface area contributed by atoms with E-state index in [9.17, 15) is 18.4 Å². The molecule has 0 unspecified atom stereocenters. The standard InChI is InChI=1S/C16H20F3N5/c1-23-11-14(16(17,18)19)22-15(23)13-5-3-7-24(10-13)9-12(8-21)4-2-6-20/h11-13H,2-5,7,9-10H2,1H3/t12-,13+/m0/s1. The molecule has 1 aliphatic rings. The van der Waals surface area contributed by atoms with Crippen LogP contribution in [0.25, 0.3) is 0 Å². The highest BCUT2D eigenvalue weighted by atomic mass is 19.4. The zero-order valence-electron chi connectivity index (χ0n) is 13.6. The molecule has 8 heteroatoms. The lowest BCUT2D eigenvalue weighted by molar-refractivity contribution is -0.141. The Balaban J connectivity index is 2.04. The third-order valence-corrected chi connectivity index (χ3v) is 4.34. The highest BCUT2D eigenvalue weighted by molar-refractivity contribution is 5.12. The number of halogens is 3. The predicted molar refractivity (Wildman–Crippen MR) is 80.6 cm³/mol. The van der Waals surface area contributed by atoms with E-state index in [0.717, 1.165) is 25.6 Å². The molecule has 1 fully saturated rings. The SMILES string of the molecule is Cn1cc(C(F)(F)F)nc1[C@@H]1CCCN(C[C@H](C#N)CCC#N)C1. The second kappa shape index (κ2) is 7.67. The molecule has 0 radical (unpaired) electrons. The van der Waals surface area contributed by atoms with E-state index in [4.69, 9.17) is 5.26 Å². The zero-order valence-corrected chi connectivity index (χ0v) is 13.6.